The molecule has 0 saturated heterocycles. The van der Waals surface area contributed by atoms with Crippen LogP contribution in [0.1, 0.15) is 12.0 Å². The number of nitrogens with two attached hydrogens (primary N) is 1. The minimum Gasteiger partial charge on any atom is -0.490 e. The van der Waals surface area contributed by atoms with E-state index < -0.39 is 0 Å². The van der Waals surface area contributed by atoms with E-state index in [-0.39, 0.29) is 0 Å². The summed E-state index contributed by atoms with van der Waals surface area (Å²) in [5.74, 6) is 1.57. The van der Waals surface area contributed by atoms with E-state index in [2.05, 4.69) is 0 Å². The lowest BCUT2D eigenvalue weighted by atomic mass is 9.99. The Kier molecular flexibility index (Phi) is 3.81. The molecule has 3 rings (SSSR count). The second kappa shape index (κ2) is 5.73. The molecule has 2 aromatic carbocycles. The van der Waals surface area contributed by atoms with Crippen molar-refractivity contribution < 1.29 is 9.47 Å². The van der Waals surface area contributed by atoms with Gasteiger partial charge in [0, 0.05) is 18.0 Å². The third kappa shape index (κ3) is 2.60. The van der Waals surface area contributed by atoms with Crippen LogP contribution in [-0.4, -0.2) is 13.2 Å². The molecule has 20 heavy (non-hydrogen) atoms. The van der Waals surface area contributed by atoms with Gasteiger partial charge in [0.15, 0.2) is 11.5 Å². The summed E-state index contributed by atoms with van der Waals surface area (Å²) in [7, 11) is 0. The molecule has 0 fully saturated rings. The number of fused-ring (bicyclic) bond motifs is 1. The second-order valence-corrected chi connectivity index (χ2v) is 5.15. The highest BCUT2D eigenvalue weighted by molar-refractivity contribution is 6.30. The average molecular weight is 290 g/mol. The first kappa shape index (κ1) is 13.3. The molecule has 4 heteroatoms. The van der Waals surface area contributed by atoms with Crippen molar-refractivity contribution in [3.63, 3.8) is 0 Å². The summed E-state index contributed by atoms with van der Waals surface area (Å²) in [6.45, 7) is 1.84. The first-order chi connectivity index (χ1) is 9.78. The third-order valence-electron chi connectivity index (χ3n) is 3.35. The summed E-state index contributed by atoms with van der Waals surface area (Å²) in [4.78, 5) is 0. The van der Waals surface area contributed by atoms with Crippen LogP contribution in [-0.2, 0) is 6.54 Å². The fourth-order valence-electron chi connectivity index (χ4n) is 2.33. The Morgan fingerprint density at radius 1 is 1.00 bits per heavy atom. The van der Waals surface area contributed by atoms with Crippen molar-refractivity contribution >= 4 is 11.6 Å². The van der Waals surface area contributed by atoms with Crippen LogP contribution in [0.3, 0.4) is 0 Å². The van der Waals surface area contributed by atoms with Crippen LogP contribution < -0.4 is 15.2 Å². The van der Waals surface area contributed by atoms with Crippen molar-refractivity contribution in [3.8, 4) is 22.6 Å². The molecule has 2 N–H and O–H groups in total. The smallest absolute Gasteiger partial charge is 0.161 e. The van der Waals surface area contributed by atoms with Crippen molar-refractivity contribution in [2.45, 2.75) is 13.0 Å². The zero-order valence-electron chi connectivity index (χ0n) is 11.1. The van der Waals surface area contributed by atoms with Gasteiger partial charge in [0.05, 0.1) is 13.2 Å². The van der Waals surface area contributed by atoms with Crippen molar-refractivity contribution in [1.82, 2.24) is 0 Å². The minimum absolute atomic E-state index is 0.473. The molecule has 0 saturated carbocycles. The number of hydrogen-bond donors (Lipinski definition) is 1. The van der Waals surface area contributed by atoms with Gasteiger partial charge in [-0.15, -0.1) is 0 Å². The summed E-state index contributed by atoms with van der Waals surface area (Å²) in [6.07, 6.45) is 0.898. The lowest BCUT2D eigenvalue weighted by Crippen LogP contribution is -1.99. The van der Waals surface area contributed by atoms with Crippen molar-refractivity contribution in [1.29, 1.82) is 0 Å². The molecular weight excluding hydrogens is 274 g/mol. The van der Waals surface area contributed by atoms with E-state index >= 15 is 0 Å². The van der Waals surface area contributed by atoms with Crippen LogP contribution >= 0.6 is 11.6 Å². The van der Waals surface area contributed by atoms with Gasteiger partial charge >= 0.3 is 0 Å². The monoisotopic (exact) mass is 289 g/mol. The molecule has 0 radical (unpaired) electrons. The van der Waals surface area contributed by atoms with Gasteiger partial charge in [-0.3, -0.25) is 0 Å². The summed E-state index contributed by atoms with van der Waals surface area (Å²) in [5.41, 5.74) is 8.94. The highest BCUT2D eigenvalue weighted by Crippen LogP contribution is 2.36. The maximum atomic E-state index is 6.10. The lowest BCUT2D eigenvalue weighted by molar-refractivity contribution is 0.297. The Morgan fingerprint density at radius 2 is 1.80 bits per heavy atom. The van der Waals surface area contributed by atoms with E-state index in [1.165, 1.54) is 0 Å². The van der Waals surface area contributed by atoms with E-state index in [0.29, 0.717) is 24.8 Å². The standard InChI is InChI=1S/C16H16ClNO2/c17-13-4-2-12(10-18)14(9-13)11-3-5-15-16(8-11)20-7-1-6-19-15/h2-5,8-9H,1,6-7,10,18H2. The van der Waals surface area contributed by atoms with Gasteiger partial charge in [0.1, 0.15) is 0 Å². The lowest BCUT2D eigenvalue weighted by Gasteiger charge is -2.12. The van der Waals surface area contributed by atoms with E-state index in [4.69, 9.17) is 26.8 Å². The van der Waals surface area contributed by atoms with Crippen LogP contribution in [0.5, 0.6) is 11.5 Å². The molecule has 3 nitrogen and oxygen atoms in total. The Bertz CT molecular complexity index is 628. The number of halogens is 1. The molecule has 104 valence electrons. The second-order valence-electron chi connectivity index (χ2n) is 4.72. The van der Waals surface area contributed by atoms with Crippen LogP contribution in [0.15, 0.2) is 36.4 Å². The molecule has 0 bridgehead atoms. The number of ether oxygens (including phenoxy) is 2. The molecule has 0 spiro atoms. The maximum Gasteiger partial charge on any atom is 0.161 e. The molecule has 1 aliphatic rings. The SMILES string of the molecule is NCc1ccc(Cl)cc1-c1ccc2c(c1)OCCCO2. The summed E-state index contributed by atoms with van der Waals surface area (Å²) < 4.78 is 11.4. The summed E-state index contributed by atoms with van der Waals surface area (Å²) in [6, 6.07) is 11.7. The number of hydrogen-bond acceptors (Lipinski definition) is 3. The normalized spacial score (nSPS) is 13.9. The molecule has 1 aliphatic heterocycles. The number of benzene rings is 2. The Balaban J connectivity index is 2.06. The van der Waals surface area contributed by atoms with E-state index in [1.54, 1.807) is 0 Å². The average Bonchev–Trinajstić information content (AvgIpc) is 2.71. The quantitative estimate of drug-likeness (QED) is 0.918. The van der Waals surface area contributed by atoms with Crippen molar-refractivity contribution in [2.75, 3.05) is 13.2 Å². The topological polar surface area (TPSA) is 44.5 Å². The van der Waals surface area contributed by atoms with Gasteiger partial charge in [0.2, 0.25) is 0 Å². The third-order valence-corrected chi connectivity index (χ3v) is 3.59. The molecule has 0 aromatic heterocycles. The molecule has 0 unspecified atom stereocenters. The van der Waals surface area contributed by atoms with E-state index in [0.717, 1.165) is 34.6 Å². The largest absolute Gasteiger partial charge is 0.490 e. The van der Waals surface area contributed by atoms with Gasteiger partial charge in [-0.05, 0) is 41.0 Å². The molecule has 2 aromatic rings. The van der Waals surface area contributed by atoms with Crippen molar-refractivity contribution in [3.05, 3.63) is 47.0 Å². The van der Waals surface area contributed by atoms with Gasteiger partial charge < -0.3 is 15.2 Å². The minimum atomic E-state index is 0.473. The van der Waals surface area contributed by atoms with Gasteiger partial charge in [-0.25, -0.2) is 0 Å². The van der Waals surface area contributed by atoms with Crippen LogP contribution in [0.2, 0.25) is 5.02 Å². The number of rotatable bonds is 2. The predicted octanol–water partition coefficient (Wildman–Crippen LogP) is 3.63. The van der Waals surface area contributed by atoms with Gasteiger partial charge in [0.25, 0.3) is 0 Å². The van der Waals surface area contributed by atoms with E-state index in [9.17, 15) is 0 Å². The highest BCUT2D eigenvalue weighted by atomic mass is 35.5. The Morgan fingerprint density at radius 3 is 2.60 bits per heavy atom. The zero-order chi connectivity index (χ0) is 13.9. The fraction of sp³-hybridized carbons (Fsp3) is 0.250. The predicted molar refractivity (Wildman–Crippen MR) is 80.4 cm³/mol. The fourth-order valence-corrected chi connectivity index (χ4v) is 2.50. The summed E-state index contributed by atoms with van der Waals surface area (Å²) >= 11 is 6.10. The molecule has 0 amide bonds. The zero-order valence-corrected chi connectivity index (χ0v) is 11.8. The van der Waals surface area contributed by atoms with Gasteiger partial charge in [-0.1, -0.05) is 23.7 Å². The molecular formula is C16H16ClNO2. The van der Waals surface area contributed by atoms with Crippen LogP contribution in [0.25, 0.3) is 11.1 Å². The molecule has 1 heterocycles. The highest BCUT2D eigenvalue weighted by Gasteiger charge is 2.13. The Hall–Kier alpha value is -1.71. The van der Waals surface area contributed by atoms with Crippen molar-refractivity contribution in [2.24, 2.45) is 5.73 Å². The van der Waals surface area contributed by atoms with Crippen LogP contribution in [0.4, 0.5) is 0 Å². The molecule has 0 aliphatic carbocycles. The molecule has 0 atom stereocenters. The van der Waals surface area contributed by atoms with Gasteiger partial charge in [-0.2, -0.15) is 0 Å². The first-order valence-corrected chi connectivity index (χ1v) is 7.04. The maximum absolute atomic E-state index is 6.10. The Labute approximate surface area is 123 Å². The van der Waals surface area contributed by atoms with E-state index in [1.807, 2.05) is 36.4 Å². The van der Waals surface area contributed by atoms with Crippen LogP contribution in [0, 0.1) is 0 Å². The first-order valence-electron chi connectivity index (χ1n) is 6.66. The summed E-state index contributed by atoms with van der Waals surface area (Å²) in [5, 5.41) is 0.698.